The van der Waals surface area contributed by atoms with Gasteiger partial charge in [-0.2, -0.15) is 0 Å². The second-order valence-corrected chi connectivity index (χ2v) is 3.05. The Morgan fingerprint density at radius 2 is 2.15 bits per heavy atom. The number of carbonyl (C=O) groups excluding carboxylic acids is 1. The van der Waals surface area contributed by atoms with Crippen molar-refractivity contribution in [2.45, 2.75) is 20.8 Å². The highest BCUT2D eigenvalue weighted by Crippen LogP contribution is 2.20. The van der Waals surface area contributed by atoms with E-state index in [0.29, 0.717) is 6.54 Å². The first kappa shape index (κ1) is 9.78. The van der Waals surface area contributed by atoms with E-state index in [-0.39, 0.29) is 5.91 Å². The molecule has 13 heavy (non-hydrogen) atoms. The maximum Gasteiger partial charge on any atom is 0.252 e. The van der Waals surface area contributed by atoms with Gasteiger partial charge in [0, 0.05) is 12.1 Å². The average Bonchev–Trinajstić information content (AvgIpc) is 2.47. The topological polar surface area (TPSA) is 29.1 Å². The molecule has 0 spiro atoms. The van der Waals surface area contributed by atoms with Gasteiger partial charge < -0.3 is 5.32 Å². The number of hydrogen-bond donors (Lipinski definition) is 1. The molecule has 0 bridgehead atoms. The molecule has 0 radical (unpaired) electrons. The van der Waals surface area contributed by atoms with Crippen molar-refractivity contribution in [3.8, 4) is 0 Å². The molecule has 0 saturated heterocycles. The van der Waals surface area contributed by atoms with E-state index in [1.54, 1.807) is 0 Å². The normalized spacial score (nSPS) is 18.7. The Labute approximate surface area is 79.0 Å². The van der Waals surface area contributed by atoms with Gasteiger partial charge in [0.05, 0.1) is 0 Å². The van der Waals surface area contributed by atoms with Gasteiger partial charge in [-0.3, -0.25) is 4.79 Å². The number of amides is 1. The molecular formula is C11H15NO. The second kappa shape index (κ2) is 4.08. The van der Waals surface area contributed by atoms with Crippen LogP contribution in [0, 0.1) is 0 Å². The van der Waals surface area contributed by atoms with E-state index in [2.05, 4.69) is 5.32 Å². The summed E-state index contributed by atoms with van der Waals surface area (Å²) in [4.78, 5) is 11.4. The van der Waals surface area contributed by atoms with Crippen molar-refractivity contribution in [1.82, 2.24) is 5.32 Å². The fourth-order valence-electron chi connectivity index (χ4n) is 1.42. The summed E-state index contributed by atoms with van der Waals surface area (Å²) >= 11 is 0. The van der Waals surface area contributed by atoms with Crippen LogP contribution >= 0.6 is 0 Å². The lowest BCUT2D eigenvalue weighted by Crippen LogP contribution is -2.17. The molecule has 0 fully saturated rings. The number of rotatable bonds is 2. The van der Waals surface area contributed by atoms with Crippen molar-refractivity contribution in [1.29, 1.82) is 0 Å². The molecule has 2 heteroatoms. The summed E-state index contributed by atoms with van der Waals surface area (Å²) in [6, 6.07) is 0. The van der Waals surface area contributed by atoms with Crippen LogP contribution in [0.15, 0.2) is 34.9 Å². The summed E-state index contributed by atoms with van der Waals surface area (Å²) in [6.07, 6.45) is 5.91. The Morgan fingerprint density at radius 1 is 1.46 bits per heavy atom. The van der Waals surface area contributed by atoms with Gasteiger partial charge in [0.25, 0.3) is 5.91 Å². The van der Waals surface area contributed by atoms with Crippen LogP contribution in [0.4, 0.5) is 0 Å². The average molecular weight is 177 g/mol. The predicted molar refractivity (Wildman–Crippen MR) is 54.3 cm³/mol. The Hall–Kier alpha value is -1.31. The molecule has 0 atom stereocenters. The van der Waals surface area contributed by atoms with Crippen molar-refractivity contribution >= 4 is 5.91 Å². The van der Waals surface area contributed by atoms with Crippen molar-refractivity contribution in [3.05, 3.63) is 34.9 Å². The summed E-state index contributed by atoms with van der Waals surface area (Å²) in [6.45, 7) is 6.52. The van der Waals surface area contributed by atoms with Crippen LogP contribution in [0.3, 0.4) is 0 Å². The molecule has 0 aromatic rings. The Morgan fingerprint density at radius 3 is 2.69 bits per heavy atom. The highest BCUT2D eigenvalue weighted by molar-refractivity contribution is 6.01. The van der Waals surface area contributed by atoms with E-state index in [0.717, 1.165) is 16.7 Å². The molecule has 2 nitrogen and oxygen atoms in total. The molecule has 0 aromatic heterocycles. The van der Waals surface area contributed by atoms with E-state index in [1.165, 1.54) is 0 Å². The van der Waals surface area contributed by atoms with Crippen molar-refractivity contribution in [2.75, 3.05) is 6.54 Å². The SMILES string of the molecule is C/C=C\C1=C(C(/C)=C\C)C(=O)NC1. The van der Waals surface area contributed by atoms with Gasteiger partial charge in [-0.25, -0.2) is 0 Å². The predicted octanol–water partition coefficient (Wildman–Crippen LogP) is 1.96. The van der Waals surface area contributed by atoms with Gasteiger partial charge in [-0.1, -0.05) is 18.2 Å². The third-order valence-corrected chi connectivity index (χ3v) is 2.18. The summed E-state index contributed by atoms with van der Waals surface area (Å²) in [7, 11) is 0. The minimum absolute atomic E-state index is 0.0451. The largest absolute Gasteiger partial charge is 0.348 e. The lowest BCUT2D eigenvalue weighted by Gasteiger charge is -2.00. The molecular weight excluding hydrogens is 162 g/mol. The Kier molecular flexibility index (Phi) is 3.07. The van der Waals surface area contributed by atoms with E-state index in [1.807, 2.05) is 39.0 Å². The minimum atomic E-state index is 0.0451. The molecule has 0 aliphatic carbocycles. The van der Waals surface area contributed by atoms with Crippen molar-refractivity contribution in [2.24, 2.45) is 0 Å². The van der Waals surface area contributed by atoms with Crippen LogP contribution in [0.1, 0.15) is 20.8 Å². The second-order valence-electron chi connectivity index (χ2n) is 3.05. The summed E-state index contributed by atoms with van der Waals surface area (Å²) in [5, 5.41) is 2.81. The number of allylic oxidation sites excluding steroid dienone is 2. The Balaban J connectivity index is 3.10. The molecule has 0 unspecified atom stereocenters. The zero-order valence-corrected chi connectivity index (χ0v) is 8.35. The number of nitrogens with one attached hydrogen (secondary N) is 1. The summed E-state index contributed by atoms with van der Waals surface area (Å²) < 4.78 is 0. The maximum atomic E-state index is 11.4. The quantitative estimate of drug-likeness (QED) is 0.686. The minimum Gasteiger partial charge on any atom is -0.348 e. The van der Waals surface area contributed by atoms with E-state index in [4.69, 9.17) is 0 Å². The van der Waals surface area contributed by atoms with E-state index >= 15 is 0 Å². The molecule has 1 heterocycles. The van der Waals surface area contributed by atoms with Crippen molar-refractivity contribution < 1.29 is 4.79 Å². The molecule has 0 aromatic carbocycles. The van der Waals surface area contributed by atoms with Crippen molar-refractivity contribution in [3.63, 3.8) is 0 Å². The monoisotopic (exact) mass is 177 g/mol. The smallest absolute Gasteiger partial charge is 0.252 e. The molecule has 1 aliphatic rings. The van der Waals surface area contributed by atoms with Gasteiger partial charge in [0.2, 0.25) is 0 Å². The number of carbonyl (C=O) groups is 1. The fourth-order valence-corrected chi connectivity index (χ4v) is 1.42. The molecule has 0 saturated carbocycles. The molecule has 1 aliphatic heterocycles. The number of hydrogen-bond acceptors (Lipinski definition) is 1. The van der Waals surface area contributed by atoms with Gasteiger partial charge in [0.1, 0.15) is 0 Å². The maximum absolute atomic E-state index is 11.4. The molecule has 1 N–H and O–H groups in total. The van der Waals surface area contributed by atoms with Crippen LogP contribution < -0.4 is 5.32 Å². The molecule has 70 valence electrons. The van der Waals surface area contributed by atoms with Crippen LogP contribution in [0.2, 0.25) is 0 Å². The van der Waals surface area contributed by atoms with Gasteiger partial charge >= 0.3 is 0 Å². The van der Waals surface area contributed by atoms with Crippen LogP contribution in [-0.2, 0) is 4.79 Å². The third kappa shape index (κ3) is 1.89. The zero-order valence-electron chi connectivity index (χ0n) is 8.35. The highest BCUT2D eigenvalue weighted by atomic mass is 16.1. The van der Waals surface area contributed by atoms with E-state index in [9.17, 15) is 4.79 Å². The lowest BCUT2D eigenvalue weighted by atomic mass is 10.0. The lowest BCUT2D eigenvalue weighted by molar-refractivity contribution is -0.116. The first-order chi connectivity index (χ1) is 6.20. The molecule has 1 rings (SSSR count). The first-order valence-corrected chi connectivity index (χ1v) is 4.48. The van der Waals surface area contributed by atoms with E-state index < -0.39 is 0 Å². The zero-order chi connectivity index (χ0) is 9.84. The summed E-state index contributed by atoms with van der Waals surface area (Å²) in [5.74, 6) is 0.0451. The van der Waals surface area contributed by atoms with Gasteiger partial charge in [-0.15, -0.1) is 0 Å². The first-order valence-electron chi connectivity index (χ1n) is 4.48. The van der Waals surface area contributed by atoms with Crippen LogP contribution in [-0.4, -0.2) is 12.5 Å². The fraction of sp³-hybridized carbons (Fsp3) is 0.364. The standard InChI is InChI=1S/C11H15NO/c1-4-6-9-7-12-11(13)10(9)8(3)5-2/h4-6H,7H2,1-3H3,(H,12,13)/b6-4-,8-5-. The highest BCUT2D eigenvalue weighted by Gasteiger charge is 2.21. The van der Waals surface area contributed by atoms with Crippen LogP contribution in [0.5, 0.6) is 0 Å². The molecule has 1 amide bonds. The van der Waals surface area contributed by atoms with Gasteiger partial charge in [0.15, 0.2) is 0 Å². The summed E-state index contributed by atoms with van der Waals surface area (Å²) in [5.41, 5.74) is 2.96. The Bertz CT molecular complexity index is 308. The third-order valence-electron chi connectivity index (χ3n) is 2.18. The van der Waals surface area contributed by atoms with Gasteiger partial charge in [-0.05, 0) is 31.9 Å². The van der Waals surface area contributed by atoms with Crippen LogP contribution in [0.25, 0.3) is 0 Å².